The molecule has 6 rings (SSSR count). The van der Waals surface area contributed by atoms with Gasteiger partial charge in [0.15, 0.2) is 5.54 Å². The van der Waals surface area contributed by atoms with E-state index in [0.717, 1.165) is 21.8 Å². The van der Waals surface area contributed by atoms with E-state index >= 15 is 0 Å². The van der Waals surface area contributed by atoms with Crippen LogP contribution >= 0.6 is 0 Å². The molecule has 2 N–H and O–H groups in total. The Morgan fingerprint density at radius 2 is 1.81 bits per heavy atom. The molecule has 3 aromatic carbocycles. The van der Waals surface area contributed by atoms with Crippen molar-refractivity contribution in [2.45, 2.75) is 18.7 Å². The molecule has 0 bridgehead atoms. The summed E-state index contributed by atoms with van der Waals surface area (Å²) in [6, 6.07) is 15.5. The standard InChI is InChI=1S/C25H18BFN5O4/c27-17-4-2-16(3-5-17)25(23(34)28-24(35)29-25)13-32-11-15-10-18(6-7-19(15)22(32)33)36-12-14-1-8-20-21(9-14)31-26-30-20/h1-10H,11-13H2,(H2,28,29,34,35). The Labute approximate surface area is 205 Å². The van der Waals surface area contributed by atoms with Crippen LogP contribution in [0.3, 0.4) is 0 Å². The molecule has 36 heavy (non-hydrogen) atoms. The lowest BCUT2D eigenvalue weighted by atomic mass is 9.89. The predicted octanol–water partition coefficient (Wildman–Crippen LogP) is 0.882. The highest BCUT2D eigenvalue weighted by molar-refractivity contribution is 6.30. The summed E-state index contributed by atoms with van der Waals surface area (Å²) in [5.74, 6) is -0.749. The zero-order valence-corrected chi connectivity index (χ0v) is 18.8. The summed E-state index contributed by atoms with van der Waals surface area (Å²) in [6.07, 6.45) is 0. The minimum Gasteiger partial charge on any atom is -0.489 e. The van der Waals surface area contributed by atoms with Gasteiger partial charge in [0.1, 0.15) is 18.2 Å². The first kappa shape index (κ1) is 22.0. The van der Waals surface area contributed by atoms with Crippen molar-refractivity contribution in [3.63, 3.8) is 0 Å². The molecule has 3 heterocycles. The second-order valence-electron chi connectivity index (χ2n) is 8.79. The third-order valence-corrected chi connectivity index (χ3v) is 6.50. The van der Waals surface area contributed by atoms with Crippen molar-refractivity contribution in [2.75, 3.05) is 6.54 Å². The molecule has 3 aliphatic heterocycles. The number of nitrogens with one attached hydrogen (secondary N) is 2. The van der Waals surface area contributed by atoms with Crippen LogP contribution in [0.15, 0.2) is 70.5 Å². The van der Waals surface area contributed by atoms with Crippen LogP contribution in [0, 0.1) is 5.82 Å². The Hall–Kier alpha value is -4.54. The third-order valence-electron chi connectivity index (χ3n) is 6.50. The van der Waals surface area contributed by atoms with Crippen LogP contribution in [0.25, 0.3) is 0 Å². The van der Waals surface area contributed by atoms with E-state index in [0.29, 0.717) is 23.5 Å². The number of amides is 4. The molecule has 3 aromatic rings. The van der Waals surface area contributed by atoms with E-state index in [1.165, 1.54) is 36.7 Å². The fourth-order valence-electron chi connectivity index (χ4n) is 4.68. The molecule has 1 radical (unpaired) electrons. The minimum absolute atomic E-state index is 0.111. The number of hydrogen-bond acceptors (Lipinski definition) is 6. The molecule has 0 saturated carbocycles. The van der Waals surface area contributed by atoms with Crippen LogP contribution in [0.5, 0.6) is 5.75 Å². The largest absolute Gasteiger partial charge is 0.489 e. The number of halogens is 1. The number of urea groups is 1. The van der Waals surface area contributed by atoms with E-state index in [1.54, 1.807) is 18.2 Å². The maximum atomic E-state index is 13.5. The molecular weight excluding hydrogens is 464 g/mol. The summed E-state index contributed by atoms with van der Waals surface area (Å²) in [6.45, 7) is 0.437. The quantitative estimate of drug-likeness (QED) is 0.402. The van der Waals surface area contributed by atoms with Crippen LogP contribution in [0.2, 0.25) is 0 Å². The highest BCUT2D eigenvalue weighted by Crippen LogP contribution is 2.32. The lowest BCUT2D eigenvalue weighted by Gasteiger charge is -2.31. The maximum absolute atomic E-state index is 13.5. The highest BCUT2D eigenvalue weighted by Gasteiger charge is 2.50. The average molecular weight is 482 g/mol. The lowest BCUT2D eigenvalue weighted by Crippen LogP contribution is -2.52. The van der Waals surface area contributed by atoms with E-state index < -0.39 is 23.3 Å². The first-order chi connectivity index (χ1) is 17.4. The van der Waals surface area contributed by atoms with Crippen molar-refractivity contribution < 1.29 is 23.5 Å². The van der Waals surface area contributed by atoms with E-state index in [1.807, 2.05) is 18.2 Å². The van der Waals surface area contributed by atoms with Crippen molar-refractivity contribution in [3.8, 4) is 5.75 Å². The molecule has 3 aliphatic rings. The van der Waals surface area contributed by atoms with E-state index in [4.69, 9.17) is 4.74 Å². The van der Waals surface area contributed by atoms with E-state index in [-0.39, 0.29) is 19.0 Å². The van der Waals surface area contributed by atoms with Crippen molar-refractivity contribution in [3.05, 3.63) is 99.4 Å². The monoisotopic (exact) mass is 482 g/mol. The fourth-order valence-corrected chi connectivity index (χ4v) is 4.68. The van der Waals surface area contributed by atoms with Gasteiger partial charge in [-0.2, -0.15) is 0 Å². The van der Waals surface area contributed by atoms with Crippen LogP contribution in [0.4, 0.5) is 9.18 Å². The molecule has 177 valence electrons. The Balaban J connectivity index is 1.21. The molecule has 1 unspecified atom stereocenters. The summed E-state index contributed by atoms with van der Waals surface area (Å²) >= 11 is 0. The van der Waals surface area contributed by atoms with Gasteiger partial charge in [0.05, 0.1) is 17.3 Å². The average Bonchev–Trinajstić information content (AvgIpc) is 3.54. The zero-order chi connectivity index (χ0) is 24.9. The first-order valence-electron chi connectivity index (χ1n) is 11.2. The molecule has 1 fully saturated rings. The molecule has 4 amide bonds. The number of fused-ring (bicyclic) bond motifs is 2. The number of hydrogen-bond donors (Lipinski definition) is 2. The van der Waals surface area contributed by atoms with Crippen LogP contribution in [0.1, 0.15) is 27.0 Å². The summed E-state index contributed by atoms with van der Waals surface area (Å²) in [4.78, 5) is 47.9. The summed E-state index contributed by atoms with van der Waals surface area (Å²) < 4.78 is 19.5. The van der Waals surface area contributed by atoms with Crippen molar-refractivity contribution in [2.24, 2.45) is 9.81 Å². The predicted molar refractivity (Wildman–Crippen MR) is 125 cm³/mol. The van der Waals surface area contributed by atoms with Gasteiger partial charge in [-0.3, -0.25) is 14.9 Å². The second kappa shape index (κ2) is 8.30. The summed E-state index contributed by atoms with van der Waals surface area (Å²) in [5.41, 5.74) is 1.03. The van der Waals surface area contributed by atoms with Crippen LogP contribution in [-0.4, -0.2) is 36.8 Å². The Kier molecular flexibility index (Phi) is 5.06. The minimum atomic E-state index is -1.52. The van der Waals surface area contributed by atoms with Gasteiger partial charge >= 0.3 is 13.6 Å². The number of nitrogens with zero attached hydrogens (tertiary/aromatic N) is 3. The summed E-state index contributed by atoms with van der Waals surface area (Å²) in [7, 11) is 1.51. The van der Waals surface area contributed by atoms with Gasteiger partial charge in [0, 0.05) is 12.1 Å². The van der Waals surface area contributed by atoms with Gasteiger partial charge in [0.2, 0.25) is 0 Å². The molecule has 0 spiro atoms. The second-order valence-corrected chi connectivity index (χ2v) is 8.79. The van der Waals surface area contributed by atoms with Crippen molar-refractivity contribution in [1.82, 2.24) is 15.5 Å². The zero-order valence-electron chi connectivity index (χ0n) is 18.8. The molecule has 11 heteroatoms. The Morgan fingerprint density at radius 3 is 2.58 bits per heavy atom. The highest BCUT2D eigenvalue weighted by atomic mass is 19.1. The number of imide groups is 1. The maximum Gasteiger partial charge on any atom is 0.432 e. The Morgan fingerprint density at radius 1 is 1.00 bits per heavy atom. The Bertz CT molecular complexity index is 1560. The van der Waals surface area contributed by atoms with Gasteiger partial charge in [0.25, 0.3) is 11.8 Å². The molecule has 1 atom stereocenters. The van der Waals surface area contributed by atoms with Gasteiger partial charge in [-0.15, -0.1) is 0 Å². The first-order valence-corrected chi connectivity index (χ1v) is 11.2. The molecule has 1 saturated heterocycles. The van der Waals surface area contributed by atoms with Gasteiger partial charge < -0.3 is 24.8 Å². The number of carbonyl (C=O) groups is 3. The fraction of sp³-hybridized carbons (Fsp3) is 0.160. The van der Waals surface area contributed by atoms with E-state index in [2.05, 4.69) is 20.4 Å². The third kappa shape index (κ3) is 3.69. The SMILES string of the molecule is O=C1NC(=O)C(CN2Cc3cc(OCc4ccc5c(c4)=N[B]N=5)ccc3C2=O)(c2ccc(F)cc2)N1. The van der Waals surface area contributed by atoms with Gasteiger partial charge in [-0.1, -0.05) is 18.2 Å². The smallest absolute Gasteiger partial charge is 0.432 e. The number of benzene rings is 3. The van der Waals surface area contributed by atoms with Crippen LogP contribution < -0.4 is 26.1 Å². The topological polar surface area (TPSA) is 112 Å². The molecule has 0 aliphatic carbocycles. The van der Waals surface area contributed by atoms with Crippen molar-refractivity contribution >= 4 is 25.4 Å². The molecule has 0 aromatic heterocycles. The van der Waals surface area contributed by atoms with Gasteiger partial charge in [-0.25, -0.2) is 9.18 Å². The number of carbonyl (C=O) groups excluding carboxylic acids is 3. The van der Waals surface area contributed by atoms with Crippen molar-refractivity contribution in [1.29, 1.82) is 0 Å². The van der Waals surface area contributed by atoms with Gasteiger partial charge in [-0.05, 0) is 59.2 Å². The van der Waals surface area contributed by atoms with E-state index in [9.17, 15) is 18.8 Å². The number of ether oxygens (including phenoxy) is 1. The van der Waals surface area contributed by atoms with Crippen LogP contribution in [-0.2, 0) is 23.5 Å². The normalized spacial score (nSPS) is 19.6. The molecule has 9 nitrogen and oxygen atoms in total. The number of rotatable bonds is 6. The molecular formula is C25H18BFN5O4. The lowest BCUT2D eigenvalue weighted by molar-refractivity contribution is -0.124. The summed E-state index contributed by atoms with van der Waals surface area (Å²) in [5, 5.41) is 6.49.